The molecular weight excluding hydrogens is 382 g/mol. The van der Waals surface area contributed by atoms with Gasteiger partial charge in [-0.25, -0.2) is 9.67 Å². The number of methoxy groups -OCH3 is 1. The summed E-state index contributed by atoms with van der Waals surface area (Å²) in [7, 11) is 1.58. The molecule has 2 aromatic carbocycles. The molecule has 4 rings (SSSR count). The summed E-state index contributed by atoms with van der Waals surface area (Å²) in [6.07, 6.45) is 4.87. The van der Waals surface area contributed by atoms with Crippen molar-refractivity contribution in [2.75, 3.05) is 25.5 Å². The lowest BCUT2D eigenvalue weighted by Gasteiger charge is -2.32. The smallest absolute Gasteiger partial charge is 0.255 e. The van der Waals surface area contributed by atoms with E-state index in [9.17, 15) is 9.59 Å². The zero-order valence-electron chi connectivity index (χ0n) is 16.7. The minimum Gasteiger partial charge on any atom is -0.497 e. The Morgan fingerprint density at radius 2 is 1.80 bits per heavy atom. The van der Waals surface area contributed by atoms with E-state index in [0.29, 0.717) is 35.7 Å². The molecule has 0 atom stereocenters. The molecule has 0 radical (unpaired) electrons. The number of piperidine rings is 1. The van der Waals surface area contributed by atoms with E-state index in [4.69, 9.17) is 4.74 Å². The van der Waals surface area contributed by atoms with Gasteiger partial charge >= 0.3 is 0 Å². The minimum absolute atomic E-state index is 0.0855. The van der Waals surface area contributed by atoms with Crippen LogP contribution in [0.5, 0.6) is 5.75 Å². The number of hydrogen-bond donors (Lipinski definition) is 1. The van der Waals surface area contributed by atoms with E-state index in [0.717, 1.165) is 12.8 Å². The second-order valence-corrected chi connectivity index (χ2v) is 7.13. The molecule has 1 aliphatic rings. The molecule has 0 spiro atoms. The van der Waals surface area contributed by atoms with Crippen LogP contribution >= 0.6 is 0 Å². The summed E-state index contributed by atoms with van der Waals surface area (Å²) < 4.78 is 6.98. The highest BCUT2D eigenvalue weighted by molar-refractivity contribution is 6.09. The molecular formula is C22H23N5O3. The number of anilines is 1. The van der Waals surface area contributed by atoms with Crippen LogP contribution in [0.25, 0.3) is 0 Å². The lowest BCUT2D eigenvalue weighted by Crippen LogP contribution is -2.39. The quantitative estimate of drug-likeness (QED) is 0.705. The third-order valence-electron chi connectivity index (χ3n) is 5.32. The van der Waals surface area contributed by atoms with Crippen molar-refractivity contribution in [3.63, 3.8) is 0 Å². The maximum atomic E-state index is 13.1. The molecule has 0 aliphatic carbocycles. The standard InChI is InChI=1S/C22H23N5O3/c1-30-18-8-6-16(7-9-18)21(28)25-20-5-3-2-4-19(20)22(29)26-12-10-17(11-13-26)27-15-23-14-24-27/h2-9,14-15,17H,10-13H2,1H3,(H,25,28). The lowest BCUT2D eigenvalue weighted by molar-refractivity contribution is 0.0691. The Morgan fingerprint density at radius 3 is 2.47 bits per heavy atom. The fourth-order valence-corrected chi connectivity index (χ4v) is 3.63. The molecule has 1 saturated heterocycles. The summed E-state index contributed by atoms with van der Waals surface area (Å²) in [6, 6.07) is 14.2. The van der Waals surface area contributed by atoms with Gasteiger partial charge in [0.2, 0.25) is 0 Å². The SMILES string of the molecule is COc1ccc(C(=O)Nc2ccccc2C(=O)N2CCC(n3cncn3)CC2)cc1. The molecule has 154 valence electrons. The summed E-state index contributed by atoms with van der Waals surface area (Å²) in [5.41, 5.74) is 1.48. The monoisotopic (exact) mass is 405 g/mol. The Kier molecular flexibility index (Phi) is 5.74. The predicted molar refractivity (Wildman–Crippen MR) is 112 cm³/mol. The van der Waals surface area contributed by atoms with E-state index < -0.39 is 0 Å². The third kappa shape index (κ3) is 4.17. The second kappa shape index (κ2) is 8.77. The fourth-order valence-electron chi connectivity index (χ4n) is 3.63. The normalized spacial score (nSPS) is 14.4. The van der Waals surface area contributed by atoms with Crippen molar-refractivity contribution >= 4 is 17.5 Å². The molecule has 1 N–H and O–H groups in total. The van der Waals surface area contributed by atoms with Gasteiger partial charge in [0.25, 0.3) is 11.8 Å². The van der Waals surface area contributed by atoms with Crippen molar-refractivity contribution in [3.8, 4) is 5.75 Å². The van der Waals surface area contributed by atoms with Crippen LogP contribution in [0.1, 0.15) is 39.6 Å². The topological polar surface area (TPSA) is 89.4 Å². The van der Waals surface area contributed by atoms with Crippen LogP contribution in [0, 0.1) is 0 Å². The fraction of sp³-hybridized carbons (Fsp3) is 0.273. The molecule has 1 aliphatic heterocycles. The first-order valence-corrected chi connectivity index (χ1v) is 9.83. The molecule has 1 fully saturated rings. The highest BCUT2D eigenvalue weighted by atomic mass is 16.5. The first-order valence-electron chi connectivity index (χ1n) is 9.83. The van der Waals surface area contributed by atoms with Crippen LogP contribution in [-0.2, 0) is 0 Å². The number of rotatable bonds is 5. The van der Waals surface area contributed by atoms with E-state index in [1.54, 1.807) is 62.0 Å². The van der Waals surface area contributed by atoms with Crippen molar-refractivity contribution in [1.29, 1.82) is 0 Å². The number of nitrogens with one attached hydrogen (secondary N) is 1. The minimum atomic E-state index is -0.275. The van der Waals surface area contributed by atoms with Gasteiger partial charge in [0.1, 0.15) is 18.4 Å². The summed E-state index contributed by atoms with van der Waals surface area (Å²) in [5.74, 6) is 0.317. The van der Waals surface area contributed by atoms with E-state index in [2.05, 4.69) is 15.4 Å². The van der Waals surface area contributed by atoms with Crippen molar-refractivity contribution < 1.29 is 14.3 Å². The Morgan fingerprint density at radius 1 is 1.07 bits per heavy atom. The van der Waals surface area contributed by atoms with E-state index >= 15 is 0 Å². The number of carbonyl (C=O) groups is 2. The number of aromatic nitrogens is 3. The van der Waals surface area contributed by atoms with Crippen LogP contribution in [0.15, 0.2) is 61.2 Å². The number of benzene rings is 2. The van der Waals surface area contributed by atoms with Crippen LogP contribution in [-0.4, -0.2) is 51.7 Å². The van der Waals surface area contributed by atoms with Gasteiger partial charge in [-0.3, -0.25) is 9.59 Å². The van der Waals surface area contributed by atoms with E-state index in [1.807, 2.05) is 9.58 Å². The number of hydrogen-bond acceptors (Lipinski definition) is 5. The molecule has 1 aromatic heterocycles. The van der Waals surface area contributed by atoms with Gasteiger partial charge in [-0.15, -0.1) is 0 Å². The molecule has 2 heterocycles. The zero-order valence-corrected chi connectivity index (χ0v) is 16.7. The molecule has 0 saturated carbocycles. The van der Waals surface area contributed by atoms with Gasteiger partial charge in [0, 0.05) is 18.7 Å². The van der Waals surface area contributed by atoms with Crippen molar-refractivity contribution in [2.45, 2.75) is 18.9 Å². The Hall–Kier alpha value is -3.68. The molecule has 8 heteroatoms. The number of likely N-dealkylation sites (tertiary alicyclic amines) is 1. The number of carbonyl (C=O) groups excluding carboxylic acids is 2. The summed E-state index contributed by atoms with van der Waals surface area (Å²) >= 11 is 0. The first-order chi connectivity index (χ1) is 14.7. The highest BCUT2D eigenvalue weighted by Crippen LogP contribution is 2.25. The summed E-state index contributed by atoms with van der Waals surface area (Å²) in [5, 5.41) is 7.07. The third-order valence-corrected chi connectivity index (χ3v) is 5.32. The number of ether oxygens (including phenoxy) is 1. The van der Waals surface area contributed by atoms with Crippen molar-refractivity contribution in [3.05, 3.63) is 72.3 Å². The lowest BCUT2D eigenvalue weighted by atomic mass is 10.0. The summed E-state index contributed by atoms with van der Waals surface area (Å²) in [6.45, 7) is 1.26. The number of nitrogens with zero attached hydrogens (tertiary/aromatic N) is 4. The van der Waals surface area contributed by atoms with Gasteiger partial charge in [-0.1, -0.05) is 12.1 Å². The van der Waals surface area contributed by atoms with Gasteiger partial charge in [-0.05, 0) is 49.2 Å². The first kappa shape index (κ1) is 19.6. The molecule has 3 aromatic rings. The van der Waals surface area contributed by atoms with Gasteiger partial charge in [0.05, 0.1) is 24.4 Å². The molecule has 0 bridgehead atoms. The van der Waals surface area contributed by atoms with Crippen LogP contribution in [0.2, 0.25) is 0 Å². The molecule has 2 amide bonds. The Labute approximate surface area is 174 Å². The van der Waals surface area contributed by atoms with Gasteiger partial charge < -0.3 is 15.0 Å². The van der Waals surface area contributed by atoms with E-state index in [1.165, 1.54) is 6.33 Å². The average molecular weight is 405 g/mol. The van der Waals surface area contributed by atoms with Gasteiger partial charge in [0.15, 0.2) is 0 Å². The van der Waals surface area contributed by atoms with Crippen LogP contribution < -0.4 is 10.1 Å². The Balaban J connectivity index is 1.44. The van der Waals surface area contributed by atoms with Crippen molar-refractivity contribution in [1.82, 2.24) is 19.7 Å². The number of amides is 2. The summed E-state index contributed by atoms with van der Waals surface area (Å²) in [4.78, 5) is 31.6. The Bertz CT molecular complexity index is 1010. The predicted octanol–water partition coefficient (Wildman–Crippen LogP) is 3.02. The maximum absolute atomic E-state index is 13.1. The largest absolute Gasteiger partial charge is 0.497 e. The van der Waals surface area contributed by atoms with Crippen molar-refractivity contribution in [2.24, 2.45) is 0 Å². The molecule has 8 nitrogen and oxygen atoms in total. The van der Waals surface area contributed by atoms with Crippen LogP contribution in [0.4, 0.5) is 5.69 Å². The highest BCUT2D eigenvalue weighted by Gasteiger charge is 2.26. The maximum Gasteiger partial charge on any atom is 0.255 e. The van der Waals surface area contributed by atoms with Crippen LogP contribution in [0.3, 0.4) is 0 Å². The molecule has 30 heavy (non-hydrogen) atoms. The molecule has 0 unspecified atom stereocenters. The second-order valence-electron chi connectivity index (χ2n) is 7.13. The van der Waals surface area contributed by atoms with Gasteiger partial charge in [-0.2, -0.15) is 5.10 Å². The van der Waals surface area contributed by atoms with E-state index in [-0.39, 0.29) is 17.9 Å². The average Bonchev–Trinajstić information content (AvgIpc) is 3.34. The zero-order chi connectivity index (χ0) is 20.9. The number of para-hydroxylation sites is 1.